The van der Waals surface area contributed by atoms with E-state index in [1.54, 1.807) is 18.2 Å². The Labute approximate surface area is 106 Å². The Morgan fingerprint density at radius 1 is 1.60 bits per heavy atom. The molecule has 1 aromatic carbocycles. The molecule has 6 N–H and O–H groups in total. The van der Waals surface area contributed by atoms with Gasteiger partial charge in [0.05, 0.1) is 10.7 Å². The van der Waals surface area contributed by atoms with E-state index in [2.05, 4.69) is 21.1 Å². The van der Waals surface area contributed by atoms with Crippen LogP contribution in [0.4, 0.5) is 5.69 Å². The highest BCUT2D eigenvalue weighted by Gasteiger charge is 2.21. The minimum atomic E-state index is -3.17. The minimum Gasteiger partial charge on any atom is -0.337 e. The molecule has 1 aromatic rings. The molecule has 1 atom stereocenters. The summed E-state index contributed by atoms with van der Waals surface area (Å²) in [6.07, 6.45) is 0. The fourth-order valence-electron chi connectivity index (χ4n) is 0.870. The van der Waals surface area contributed by atoms with E-state index in [1.165, 1.54) is 0 Å². The quantitative estimate of drug-likeness (QED) is 0.381. The summed E-state index contributed by atoms with van der Waals surface area (Å²) in [6, 6.07) is 5.01. The third-order valence-electron chi connectivity index (χ3n) is 1.62. The maximum atomic E-state index is 9.68. The summed E-state index contributed by atoms with van der Waals surface area (Å²) in [7, 11) is 0. The lowest BCUT2D eigenvalue weighted by Gasteiger charge is -2.27. The molecule has 0 aliphatic carbocycles. The molecule has 0 fully saturated rings. The first kappa shape index (κ1) is 13.3. The van der Waals surface area contributed by atoms with Crippen molar-refractivity contribution in [3.63, 3.8) is 0 Å². The number of anilines is 1. The number of nitrogens with two attached hydrogens (primary N) is 2. The average Bonchev–Trinajstić information content (AvgIpc) is 2.20. The zero-order chi connectivity index (χ0) is 11.6. The fourth-order valence-corrected chi connectivity index (χ4v) is 2.33. The van der Waals surface area contributed by atoms with Crippen LogP contribution in [0.15, 0.2) is 22.7 Å². The van der Waals surface area contributed by atoms with Gasteiger partial charge in [-0.15, -0.1) is 0 Å². The van der Waals surface area contributed by atoms with Crippen molar-refractivity contribution in [2.24, 2.45) is 11.7 Å². The normalized spacial score (nSPS) is 14.7. The third-order valence-corrected chi connectivity index (χ3v) is 4.41. The monoisotopic (exact) mass is 330 g/mol. The molecule has 0 aliphatic rings. The van der Waals surface area contributed by atoms with Crippen LogP contribution in [0.5, 0.6) is 0 Å². The van der Waals surface area contributed by atoms with Gasteiger partial charge in [0.15, 0.2) is 0 Å². The Morgan fingerprint density at radius 3 is 2.73 bits per heavy atom. The Kier molecular flexibility index (Phi) is 4.51. The molecule has 0 bridgehead atoms. The predicted molar refractivity (Wildman–Crippen MR) is 69.6 cm³/mol. The molecule has 0 aliphatic heterocycles. The van der Waals surface area contributed by atoms with Gasteiger partial charge >= 0.3 is 0 Å². The molecule has 9 heteroatoms. The summed E-state index contributed by atoms with van der Waals surface area (Å²) in [6.45, 7) is -3.17. The van der Waals surface area contributed by atoms with Crippen LogP contribution >= 0.6 is 34.1 Å². The van der Waals surface area contributed by atoms with Crippen LogP contribution in [0.25, 0.3) is 0 Å². The van der Waals surface area contributed by atoms with Crippen molar-refractivity contribution >= 4 is 51.6 Å². The van der Waals surface area contributed by atoms with Crippen molar-refractivity contribution in [1.82, 2.24) is 5.20 Å². The molecular formula is C6H9BrClN4OPS. The van der Waals surface area contributed by atoms with Gasteiger partial charge in [-0.3, -0.25) is 5.84 Å². The second kappa shape index (κ2) is 5.07. The standard InChI is InChI=1S/C6H9BrClN4OPS/c7-4-1-2-5(8)6(3-4)12(10)14(13,15)11-9/h1-3H,9-10H2,(H2,11,13,15). The Hall–Kier alpha value is 0.280. The molecule has 15 heavy (non-hydrogen) atoms. The molecule has 0 radical (unpaired) electrons. The highest BCUT2D eigenvalue weighted by molar-refractivity contribution is 9.10. The van der Waals surface area contributed by atoms with Gasteiger partial charge in [-0.1, -0.05) is 27.5 Å². The Balaban J connectivity index is 3.16. The first-order chi connectivity index (χ1) is 6.88. The fraction of sp³-hybridized carbons (Fsp3) is 0. The Morgan fingerprint density at radius 2 is 2.20 bits per heavy atom. The van der Waals surface area contributed by atoms with E-state index < -0.39 is 6.57 Å². The smallest absolute Gasteiger partial charge is 0.250 e. The lowest BCUT2D eigenvalue weighted by molar-refractivity contribution is 0.599. The molecule has 1 unspecified atom stereocenters. The van der Waals surface area contributed by atoms with Gasteiger partial charge in [0.2, 0.25) is 0 Å². The van der Waals surface area contributed by atoms with Crippen LogP contribution in [-0.2, 0) is 11.8 Å². The van der Waals surface area contributed by atoms with Crippen LogP contribution in [0.1, 0.15) is 0 Å². The number of hydrazine groups is 2. The zero-order valence-electron chi connectivity index (χ0n) is 7.39. The summed E-state index contributed by atoms with van der Waals surface area (Å²) in [5.74, 6) is 10.7. The predicted octanol–water partition coefficient (Wildman–Crippen LogP) is 1.46. The largest absolute Gasteiger partial charge is 0.337 e. The van der Waals surface area contributed by atoms with Crippen LogP contribution < -0.4 is 21.7 Å². The van der Waals surface area contributed by atoms with Crippen molar-refractivity contribution in [1.29, 1.82) is 0 Å². The summed E-state index contributed by atoms with van der Waals surface area (Å²) >= 11 is 14.0. The number of hydrogen-bond acceptors (Lipinski definition) is 3. The van der Waals surface area contributed by atoms with Gasteiger partial charge in [0.25, 0.3) is 6.57 Å². The number of hydrogen-bond donors (Lipinski definition) is 4. The molecule has 0 saturated heterocycles. The minimum absolute atomic E-state index is 0.374. The van der Waals surface area contributed by atoms with Gasteiger partial charge in [-0.2, -0.15) is 5.20 Å². The lowest BCUT2D eigenvalue weighted by Crippen LogP contribution is -2.36. The lowest BCUT2D eigenvalue weighted by atomic mass is 10.3. The van der Waals surface area contributed by atoms with E-state index in [-0.39, 0.29) is 0 Å². The van der Waals surface area contributed by atoms with Gasteiger partial charge in [-0.25, -0.2) is 10.6 Å². The number of nitrogens with zero attached hydrogens (tertiary/aromatic N) is 1. The topological polar surface area (TPSA) is 87.5 Å². The van der Waals surface area contributed by atoms with Gasteiger partial charge < -0.3 is 4.89 Å². The van der Waals surface area contributed by atoms with E-state index in [4.69, 9.17) is 35.1 Å². The average molecular weight is 332 g/mol. The first-order valence-electron chi connectivity index (χ1n) is 3.69. The van der Waals surface area contributed by atoms with Gasteiger partial charge in [0, 0.05) is 4.47 Å². The summed E-state index contributed by atoms with van der Waals surface area (Å²) < 4.78 is 1.74. The number of halogens is 2. The summed E-state index contributed by atoms with van der Waals surface area (Å²) in [5.41, 5.74) is 0.398. The van der Waals surface area contributed by atoms with E-state index in [9.17, 15) is 4.89 Å². The SMILES string of the molecule is NNP(O)(=S)N(N)c1cc(Br)ccc1Cl. The molecule has 1 rings (SSSR count). The Bertz CT molecular complexity index is 420. The van der Waals surface area contributed by atoms with Crippen LogP contribution in [0.2, 0.25) is 5.02 Å². The highest BCUT2D eigenvalue weighted by Crippen LogP contribution is 2.43. The van der Waals surface area contributed by atoms with E-state index >= 15 is 0 Å². The third kappa shape index (κ3) is 3.12. The molecule has 84 valence electrons. The zero-order valence-corrected chi connectivity index (χ0v) is 11.4. The first-order valence-corrected chi connectivity index (χ1v) is 7.57. The van der Waals surface area contributed by atoms with Crippen molar-refractivity contribution in [3.8, 4) is 0 Å². The van der Waals surface area contributed by atoms with Crippen LogP contribution in [-0.4, -0.2) is 4.89 Å². The highest BCUT2D eigenvalue weighted by atomic mass is 79.9. The van der Waals surface area contributed by atoms with E-state index in [0.717, 1.165) is 9.25 Å². The van der Waals surface area contributed by atoms with Crippen molar-refractivity contribution in [2.75, 3.05) is 4.78 Å². The van der Waals surface area contributed by atoms with E-state index in [0.29, 0.717) is 10.7 Å². The molecule has 0 aromatic heterocycles. The molecule has 5 nitrogen and oxygen atoms in total. The second-order valence-electron chi connectivity index (χ2n) is 2.61. The van der Waals surface area contributed by atoms with Crippen LogP contribution in [0.3, 0.4) is 0 Å². The van der Waals surface area contributed by atoms with E-state index in [1.807, 2.05) is 0 Å². The van der Waals surface area contributed by atoms with Crippen LogP contribution in [0, 0.1) is 0 Å². The maximum Gasteiger partial charge on any atom is 0.250 e. The molecule has 0 amide bonds. The summed E-state index contributed by atoms with van der Waals surface area (Å²) in [5, 5.41) is 2.47. The van der Waals surface area contributed by atoms with Crippen molar-refractivity contribution < 1.29 is 4.89 Å². The van der Waals surface area contributed by atoms with Gasteiger partial charge in [-0.05, 0) is 30.0 Å². The van der Waals surface area contributed by atoms with Crippen molar-refractivity contribution in [2.45, 2.75) is 0 Å². The molecular weight excluding hydrogens is 322 g/mol. The second-order valence-corrected chi connectivity index (χ2v) is 7.24. The number of nitrogens with one attached hydrogen (secondary N) is 1. The molecule has 0 heterocycles. The van der Waals surface area contributed by atoms with Crippen molar-refractivity contribution in [3.05, 3.63) is 27.7 Å². The molecule has 0 saturated carbocycles. The summed E-state index contributed by atoms with van der Waals surface area (Å²) in [4.78, 5) is 9.68. The number of benzene rings is 1. The van der Waals surface area contributed by atoms with Gasteiger partial charge in [0.1, 0.15) is 0 Å². The number of rotatable bonds is 3. The molecule has 0 spiro atoms. The maximum absolute atomic E-state index is 9.68.